The molecule has 0 aromatic heterocycles. The van der Waals surface area contributed by atoms with Crippen LogP contribution in [0.15, 0.2) is 18.2 Å². The van der Waals surface area contributed by atoms with E-state index in [9.17, 15) is 22.0 Å². The molecule has 0 atom stereocenters. The number of likely N-dealkylation sites (tertiary alicyclic amines) is 1. The van der Waals surface area contributed by atoms with Crippen LogP contribution < -0.4 is 4.74 Å². The Balaban J connectivity index is 1.85. The van der Waals surface area contributed by atoms with E-state index in [4.69, 9.17) is 4.74 Å². The van der Waals surface area contributed by atoms with E-state index in [1.807, 2.05) is 0 Å². The van der Waals surface area contributed by atoms with Crippen molar-refractivity contribution in [2.45, 2.75) is 25.1 Å². The van der Waals surface area contributed by atoms with E-state index in [0.29, 0.717) is 12.8 Å². The maximum Gasteiger partial charge on any atom is 0.401 e. The molecule has 2 nitrogen and oxygen atoms in total. The molecule has 1 aliphatic rings. The van der Waals surface area contributed by atoms with Crippen LogP contribution in [0.25, 0.3) is 0 Å². The molecule has 0 amide bonds. The summed E-state index contributed by atoms with van der Waals surface area (Å²) in [5, 5.41) is 0. The average molecular weight is 295 g/mol. The molecule has 0 spiro atoms. The van der Waals surface area contributed by atoms with Crippen molar-refractivity contribution in [1.82, 2.24) is 4.90 Å². The first-order valence-electron chi connectivity index (χ1n) is 6.24. The fourth-order valence-electron chi connectivity index (χ4n) is 2.23. The standard InChI is InChI=1S/C13H14F5NO/c14-9-5-10(15)7-12(6-9)20-11-1-3-19(4-2-11)8-13(16,17)18/h5-7,11H,1-4,8H2. The molecule has 0 aliphatic carbocycles. The summed E-state index contributed by atoms with van der Waals surface area (Å²) in [7, 11) is 0. The molecule has 1 aliphatic heterocycles. The van der Waals surface area contributed by atoms with Crippen molar-refractivity contribution >= 4 is 0 Å². The Morgan fingerprint density at radius 1 is 1.05 bits per heavy atom. The zero-order valence-electron chi connectivity index (χ0n) is 10.6. The van der Waals surface area contributed by atoms with Gasteiger partial charge >= 0.3 is 6.18 Å². The number of benzene rings is 1. The second-order valence-corrected chi connectivity index (χ2v) is 4.81. The number of halogens is 5. The highest BCUT2D eigenvalue weighted by molar-refractivity contribution is 5.24. The van der Waals surface area contributed by atoms with Crippen LogP contribution in [-0.2, 0) is 0 Å². The summed E-state index contributed by atoms with van der Waals surface area (Å²) in [5.74, 6) is -1.42. The molecule has 1 aromatic rings. The Morgan fingerprint density at radius 2 is 1.60 bits per heavy atom. The Kier molecular flexibility index (Phi) is 4.47. The van der Waals surface area contributed by atoms with Crippen molar-refractivity contribution < 1.29 is 26.7 Å². The van der Waals surface area contributed by atoms with Crippen molar-refractivity contribution in [3.8, 4) is 5.75 Å². The van der Waals surface area contributed by atoms with Gasteiger partial charge in [0.25, 0.3) is 0 Å². The van der Waals surface area contributed by atoms with E-state index < -0.39 is 24.4 Å². The summed E-state index contributed by atoms with van der Waals surface area (Å²) in [6, 6.07) is 2.86. The summed E-state index contributed by atoms with van der Waals surface area (Å²) >= 11 is 0. The van der Waals surface area contributed by atoms with Crippen LogP contribution in [0.5, 0.6) is 5.75 Å². The SMILES string of the molecule is Fc1cc(F)cc(OC2CCN(CC(F)(F)F)CC2)c1. The minimum atomic E-state index is -4.21. The highest BCUT2D eigenvalue weighted by Gasteiger charge is 2.32. The highest BCUT2D eigenvalue weighted by atomic mass is 19.4. The number of hydrogen-bond acceptors (Lipinski definition) is 2. The third kappa shape index (κ3) is 4.63. The normalized spacial score (nSPS) is 18.2. The van der Waals surface area contributed by atoms with Gasteiger partial charge in [0.05, 0.1) is 6.54 Å². The lowest BCUT2D eigenvalue weighted by atomic mass is 10.1. The predicted molar refractivity (Wildman–Crippen MR) is 62.5 cm³/mol. The molecule has 0 bridgehead atoms. The van der Waals surface area contributed by atoms with E-state index in [2.05, 4.69) is 0 Å². The Bertz CT molecular complexity index is 434. The van der Waals surface area contributed by atoms with Gasteiger partial charge in [0.2, 0.25) is 0 Å². The third-order valence-corrected chi connectivity index (χ3v) is 3.08. The summed E-state index contributed by atoms with van der Waals surface area (Å²) in [5.41, 5.74) is 0. The smallest absolute Gasteiger partial charge is 0.401 e. The Morgan fingerprint density at radius 3 is 2.10 bits per heavy atom. The predicted octanol–water partition coefficient (Wildman–Crippen LogP) is 3.37. The maximum atomic E-state index is 13.0. The molecule has 1 aromatic carbocycles. The number of piperidine rings is 1. The Hall–Kier alpha value is -1.37. The molecule has 1 saturated heterocycles. The maximum absolute atomic E-state index is 13.0. The van der Waals surface area contributed by atoms with Gasteiger partial charge in [-0.2, -0.15) is 13.2 Å². The lowest BCUT2D eigenvalue weighted by Gasteiger charge is -2.32. The number of rotatable bonds is 3. The van der Waals surface area contributed by atoms with Gasteiger partial charge < -0.3 is 4.74 Å². The highest BCUT2D eigenvalue weighted by Crippen LogP contribution is 2.23. The summed E-state index contributed by atoms with van der Waals surface area (Å²) in [6.45, 7) is -0.432. The molecule has 20 heavy (non-hydrogen) atoms. The summed E-state index contributed by atoms with van der Waals surface area (Å²) in [4.78, 5) is 1.30. The number of ether oxygens (including phenoxy) is 1. The van der Waals surface area contributed by atoms with Crippen molar-refractivity contribution in [3.05, 3.63) is 29.8 Å². The topological polar surface area (TPSA) is 12.5 Å². The van der Waals surface area contributed by atoms with Crippen molar-refractivity contribution in [1.29, 1.82) is 0 Å². The first-order valence-corrected chi connectivity index (χ1v) is 6.24. The van der Waals surface area contributed by atoms with Crippen molar-refractivity contribution in [2.24, 2.45) is 0 Å². The first-order chi connectivity index (χ1) is 9.32. The monoisotopic (exact) mass is 295 g/mol. The van der Waals surface area contributed by atoms with Crippen molar-refractivity contribution in [3.63, 3.8) is 0 Å². The summed E-state index contributed by atoms with van der Waals surface area (Å²) < 4.78 is 68.0. The zero-order valence-corrected chi connectivity index (χ0v) is 10.6. The van der Waals surface area contributed by atoms with Crippen molar-refractivity contribution in [2.75, 3.05) is 19.6 Å². The lowest BCUT2D eigenvalue weighted by molar-refractivity contribution is -0.149. The van der Waals surface area contributed by atoms with Crippen LogP contribution in [-0.4, -0.2) is 36.8 Å². The number of hydrogen-bond donors (Lipinski definition) is 0. The summed E-state index contributed by atoms with van der Waals surface area (Å²) in [6.07, 6.45) is -3.73. The molecule has 1 fully saturated rings. The van der Waals surface area contributed by atoms with E-state index in [1.54, 1.807) is 0 Å². The fourth-order valence-corrected chi connectivity index (χ4v) is 2.23. The Labute approximate surface area is 113 Å². The zero-order chi connectivity index (χ0) is 14.8. The van der Waals surface area contributed by atoms with E-state index in [0.717, 1.165) is 18.2 Å². The number of alkyl halides is 3. The molecular weight excluding hydrogens is 281 g/mol. The minimum Gasteiger partial charge on any atom is -0.490 e. The molecular formula is C13H14F5NO. The molecule has 2 rings (SSSR count). The molecule has 112 valence electrons. The second-order valence-electron chi connectivity index (χ2n) is 4.81. The van der Waals surface area contributed by atoms with Gasteiger partial charge in [-0.3, -0.25) is 4.90 Å². The van der Waals surface area contributed by atoms with E-state index in [1.165, 1.54) is 4.90 Å². The molecule has 0 N–H and O–H groups in total. The minimum absolute atomic E-state index is 0.0665. The van der Waals surface area contributed by atoms with Crippen LogP contribution in [0.2, 0.25) is 0 Å². The third-order valence-electron chi connectivity index (χ3n) is 3.08. The average Bonchev–Trinajstić information content (AvgIpc) is 2.28. The van der Waals surface area contributed by atoms with Gasteiger partial charge in [0, 0.05) is 31.3 Å². The van der Waals surface area contributed by atoms with Crippen LogP contribution in [0.4, 0.5) is 22.0 Å². The first kappa shape index (κ1) is 15.0. The van der Waals surface area contributed by atoms with Crippen LogP contribution >= 0.6 is 0 Å². The molecule has 7 heteroatoms. The quantitative estimate of drug-likeness (QED) is 0.793. The van der Waals surface area contributed by atoms with Gasteiger partial charge in [0.1, 0.15) is 23.5 Å². The molecule has 0 radical (unpaired) electrons. The van der Waals surface area contributed by atoms with Crippen LogP contribution in [0.1, 0.15) is 12.8 Å². The lowest BCUT2D eigenvalue weighted by Crippen LogP contribution is -2.42. The van der Waals surface area contributed by atoms with E-state index in [-0.39, 0.29) is 24.9 Å². The molecule has 0 saturated carbocycles. The van der Waals surface area contributed by atoms with E-state index >= 15 is 0 Å². The second kappa shape index (κ2) is 5.95. The van der Waals surface area contributed by atoms with Gasteiger partial charge in [0.15, 0.2) is 0 Å². The van der Waals surface area contributed by atoms with Crippen LogP contribution in [0, 0.1) is 11.6 Å². The van der Waals surface area contributed by atoms with Gasteiger partial charge in [-0.05, 0) is 12.8 Å². The van der Waals surface area contributed by atoms with Gasteiger partial charge in [-0.25, -0.2) is 8.78 Å². The fraction of sp³-hybridized carbons (Fsp3) is 0.538. The van der Waals surface area contributed by atoms with Crippen LogP contribution in [0.3, 0.4) is 0 Å². The van der Waals surface area contributed by atoms with Gasteiger partial charge in [-0.15, -0.1) is 0 Å². The number of nitrogens with zero attached hydrogens (tertiary/aromatic N) is 1. The molecule has 1 heterocycles. The van der Waals surface area contributed by atoms with Gasteiger partial charge in [-0.1, -0.05) is 0 Å². The largest absolute Gasteiger partial charge is 0.490 e. The molecule has 0 unspecified atom stereocenters.